The smallest absolute Gasteiger partial charge is 0.227 e. The molecule has 1 aliphatic carbocycles. The first-order chi connectivity index (χ1) is 9.47. The highest BCUT2D eigenvalue weighted by Gasteiger charge is 2.35. The highest BCUT2D eigenvalue weighted by atomic mass is 19.1. The molecule has 2 rings (SSSR count). The Labute approximate surface area is 120 Å². The maximum Gasteiger partial charge on any atom is 0.227 e. The van der Waals surface area contributed by atoms with Crippen molar-refractivity contribution in [2.24, 2.45) is 23.7 Å². The summed E-state index contributed by atoms with van der Waals surface area (Å²) in [4.78, 5) is 12.5. The zero-order valence-corrected chi connectivity index (χ0v) is 12.5. The second kappa shape index (κ2) is 6.38. The molecule has 1 aromatic carbocycles. The van der Waals surface area contributed by atoms with Crippen LogP contribution in [0.2, 0.25) is 0 Å². The van der Waals surface area contributed by atoms with Gasteiger partial charge in [-0.15, -0.1) is 0 Å². The Morgan fingerprint density at radius 1 is 1.25 bits per heavy atom. The minimum atomic E-state index is -0.283. The van der Waals surface area contributed by atoms with Crippen molar-refractivity contribution >= 4 is 11.6 Å². The van der Waals surface area contributed by atoms with Crippen molar-refractivity contribution in [3.63, 3.8) is 0 Å². The SMILES string of the molecule is CC1CCC(C(C)C)C(C(=O)Nc2ccc(F)cc2)C1. The number of benzene rings is 1. The number of hydrogen-bond donors (Lipinski definition) is 1. The molecule has 0 bridgehead atoms. The van der Waals surface area contributed by atoms with Gasteiger partial charge in [0.05, 0.1) is 0 Å². The fourth-order valence-electron chi connectivity index (χ4n) is 3.27. The second-order valence-corrected chi connectivity index (χ2v) is 6.43. The quantitative estimate of drug-likeness (QED) is 0.867. The van der Waals surface area contributed by atoms with Crippen molar-refractivity contribution in [3.05, 3.63) is 30.1 Å². The molecule has 1 saturated carbocycles. The summed E-state index contributed by atoms with van der Waals surface area (Å²) in [5, 5.41) is 2.94. The van der Waals surface area contributed by atoms with Crippen molar-refractivity contribution in [2.75, 3.05) is 5.32 Å². The van der Waals surface area contributed by atoms with E-state index in [1.54, 1.807) is 12.1 Å². The molecule has 3 atom stereocenters. The lowest BCUT2D eigenvalue weighted by Gasteiger charge is -2.36. The van der Waals surface area contributed by atoms with Crippen LogP contribution >= 0.6 is 0 Å². The van der Waals surface area contributed by atoms with Gasteiger partial charge in [0.15, 0.2) is 0 Å². The molecule has 1 amide bonds. The van der Waals surface area contributed by atoms with E-state index in [1.165, 1.54) is 18.6 Å². The van der Waals surface area contributed by atoms with E-state index in [9.17, 15) is 9.18 Å². The van der Waals surface area contributed by atoms with Gasteiger partial charge in [0.1, 0.15) is 5.82 Å². The standard InChI is InChI=1S/C17H24FNO/c1-11(2)15-9-4-12(3)10-16(15)17(20)19-14-7-5-13(18)6-8-14/h5-8,11-12,15-16H,4,9-10H2,1-3H3,(H,19,20). The zero-order valence-electron chi connectivity index (χ0n) is 12.5. The maximum absolute atomic E-state index is 12.9. The predicted octanol–water partition coefficient (Wildman–Crippen LogP) is 4.47. The molecule has 0 radical (unpaired) electrons. The van der Waals surface area contributed by atoms with E-state index in [0.717, 1.165) is 12.8 Å². The fraction of sp³-hybridized carbons (Fsp3) is 0.588. The lowest BCUT2D eigenvalue weighted by Crippen LogP contribution is -2.36. The Morgan fingerprint density at radius 3 is 2.50 bits per heavy atom. The molecule has 1 aliphatic rings. The second-order valence-electron chi connectivity index (χ2n) is 6.43. The van der Waals surface area contributed by atoms with Crippen molar-refractivity contribution in [1.82, 2.24) is 0 Å². The third-order valence-electron chi connectivity index (χ3n) is 4.47. The average Bonchev–Trinajstić information content (AvgIpc) is 2.41. The van der Waals surface area contributed by atoms with Gasteiger partial charge in [-0.2, -0.15) is 0 Å². The van der Waals surface area contributed by atoms with Crippen LogP contribution in [-0.4, -0.2) is 5.91 Å². The highest BCUT2D eigenvalue weighted by molar-refractivity contribution is 5.92. The van der Waals surface area contributed by atoms with E-state index in [4.69, 9.17) is 0 Å². The third kappa shape index (κ3) is 3.59. The first-order valence-corrected chi connectivity index (χ1v) is 7.53. The lowest BCUT2D eigenvalue weighted by atomic mass is 9.70. The molecule has 0 aliphatic heterocycles. The number of hydrogen-bond acceptors (Lipinski definition) is 1. The van der Waals surface area contributed by atoms with Crippen LogP contribution in [0.1, 0.15) is 40.0 Å². The van der Waals surface area contributed by atoms with Crippen LogP contribution in [0, 0.1) is 29.5 Å². The minimum Gasteiger partial charge on any atom is -0.326 e. The fourth-order valence-corrected chi connectivity index (χ4v) is 3.27. The molecule has 1 N–H and O–H groups in total. The summed E-state index contributed by atoms with van der Waals surface area (Å²) >= 11 is 0. The Hall–Kier alpha value is -1.38. The summed E-state index contributed by atoms with van der Waals surface area (Å²) in [5.74, 6) is 1.45. The van der Waals surface area contributed by atoms with Gasteiger partial charge in [-0.1, -0.05) is 27.2 Å². The van der Waals surface area contributed by atoms with Crippen molar-refractivity contribution in [1.29, 1.82) is 0 Å². The van der Waals surface area contributed by atoms with Gasteiger partial charge >= 0.3 is 0 Å². The maximum atomic E-state index is 12.9. The zero-order chi connectivity index (χ0) is 14.7. The Bertz CT molecular complexity index is 455. The number of carbonyl (C=O) groups excluding carboxylic acids is 1. The van der Waals surface area contributed by atoms with E-state index in [0.29, 0.717) is 23.4 Å². The first kappa shape index (κ1) is 15.0. The van der Waals surface area contributed by atoms with Crippen molar-refractivity contribution < 1.29 is 9.18 Å². The molecule has 3 heteroatoms. The van der Waals surface area contributed by atoms with Crippen LogP contribution in [0.5, 0.6) is 0 Å². The van der Waals surface area contributed by atoms with Crippen molar-refractivity contribution in [2.45, 2.75) is 40.0 Å². The predicted molar refractivity (Wildman–Crippen MR) is 79.9 cm³/mol. The molecule has 0 aromatic heterocycles. The summed E-state index contributed by atoms with van der Waals surface area (Å²) in [6.45, 7) is 6.60. The highest BCUT2D eigenvalue weighted by Crippen LogP contribution is 2.38. The Balaban J connectivity index is 2.07. The van der Waals surface area contributed by atoms with E-state index in [1.807, 2.05) is 0 Å². The Kier molecular flexibility index (Phi) is 4.79. The van der Waals surface area contributed by atoms with Gasteiger partial charge in [0.25, 0.3) is 0 Å². The van der Waals surface area contributed by atoms with Crippen LogP contribution in [0.4, 0.5) is 10.1 Å². The number of rotatable bonds is 3. The molecular formula is C17H24FNO. The molecule has 110 valence electrons. The molecule has 0 heterocycles. The number of anilines is 1. The Morgan fingerprint density at radius 2 is 1.90 bits per heavy atom. The van der Waals surface area contributed by atoms with Gasteiger partial charge in [-0.05, 0) is 54.9 Å². The summed E-state index contributed by atoms with van der Waals surface area (Å²) in [6, 6.07) is 5.98. The summed E-state index contributed by atoms with van der Waals surface area (Å²) in [6.07, 6.45) is 3.29. The van der Waals surface area contributed by atoms with E-state index in [2.05, 4.69) is 26.1 Å². The first-order valence-electron chi connectivity index (χ1n) is 7.53. The van der Waals surface area contributed by atoms with Crippen LogP contribution in [0.3, 0.4) is 0 Å². The third-order valence-corrected chi connectivity index (χ3v) is 4.47. The lowest BCUT2D eigenvalue weighted by molar-refractivity contribution is -0.123. The number of carbonyl (C=O) groups is 1. The van der Waals surface area contributed by atoms with Gasteiger partial charge in [0.2, 0.25) is 5.91 Å². The average molecular weight is 277 g/mol. The number of amides is 1. The molecule has 0 spiro atoms. The minimum absolute atomic E-state index is 0.0730. The molecular weight excluding hydrogens is 253 g/mol. The topological polar surface area (TPSA) is 29.1 Å². The van der Waals surface area contributed by atoms with Crippen LogP contribution in [0.15, 0.2) is 24.3 Å². The van der Waals surface area contributed by atoms with E-state index < -0.39 is 0 Å². The largest absolute Gasteiger partial charge is 0.326 e. The number of nitrogens with one attached hydrogen (secondary N) is 1. The summed E-state index contributed by atoms with van der Waals surface area (Å²) in [5.41, 5.74) is 0.678. The normalized spacial score (nSPS) is 26.6. The number of halogens is 1. The van der Waals surface area contributed by atoms with Crippen molar-refractivity contribution in [3.8, 4) is 0 Å². The summed E-state index contributed by atoms with van der Waals surface area (Å²) in [7, 11) is 0. The molecule has 1 fully saturated rings. The molecule has 20 heavy (non-hydrogen) atoms. The van der Waals surface area contributed by atoms with Gasteiger partial charge in [-0.3, -0.25) is 4.79 Å². The molecule has 3 unspecified atom stereocenters. The van der Waals surface area contributed by atoms with Crippen LogP contribution in [-0.2, 0) is 4.79 Å². The van der Waals surface area contributed by atoms with Gasteiger partial charge < -0.3 is 5.32 Å². The van der Waals surface area contributed by atoms with E-state index >= 15 is 0 Å². The van der Waals surface area contributed by atoms with Crippen LogP contribution < -0.4 is 5.32 Å². The molecule has 2 nitrogen and oxygen atoms in total. The van der Waals surface area contributed by atoms with Gasteiger partial charge in [0, 0.05) is 11.6 Å². The molecule has 1 aromatic rings. The van der Waals surface area contributed by atoms with Gasteiger partial charge in [-0.25, -0.2) is 4.39 Å². The van der Waals surface area contributed by atoms with E-state index in [-0.39, 0.29) is 17.6 Å². The van der Waals surface area contributed by atoms with Crippen LogP contribution in [0.25, 0.3) is 0 Å². The molecule has 0 saturated heterocycles. The summed E-state index contributed by atoms with van der Waals surface area (Å²) < 4.78 is 12.9. The monoisotopic (exact) mass is 277 g/mol.